The maximum absolute atomic E-state index is 12.7. The van der Waals surface area contributed by atoms with Gasteiger partial charge < -0.3 is 4.74 Å². The zero-order valence-electron chi connectivity index (χ0n) is 15.6. The van der Waals surface area contributed by atoms with Crippen molar-refractivity contribution in [1.82, 2.24) is 4.72 Å². The summed E-state index contributed by atoms with van der Waals surface area (Å²) in [6.45, 7) is 0.207. The van der Waals surface area contributed by atoms with E-state index in [2.05, 4.69) is 4.72 Å². The first kappa shape index (κ1) is 21.6. The van der Waals surface area contributed by atoms with E-state index in [1.165, 1.54) is 37.1 Å². The molecule has 0 aromatic heterocycles. The number of anilines is 1. The van der Waals surface area contributed by atoms with Gasteiger partial charge in [0.25, 0.3) is 0 Å². The highest BCUT2D eigenvalue weighted by atomic mass is 35.5. The van der Waals surface area contributed by atoms with Crippen LogP contribution in [0.3, 0.4) is 0 Å². The van der Waals surface area contributed by atoms with Crippen LogP contribution in [-0.4, -0.2) is 39.6 Å². The number of halogens is 1. The molecule has 2 amide bonds. The topological polar surface area (TPSA) is 92.8 Å². The predicted molar refractivity (Wildman–Crippen MR) is 112 cm³/mol. The Morgan fingerprint density at radius 1 is 1.10 bits per heavy atom. The van der Waals surface area contributed by atoms with Crippen molar-refractivity contribution in [2.75, 3.05) is 24.3 Å². The van der Waals surface area contributed by atoms with Crippen LogP contribution in [0.2, 0.25) is 5.02 Å². The average molecular weight is 455 g/mol. The minimum atomic E-state index is -3.82. The van der Waals surface area contributed by atoms with Crippen molar-refractivity contribution in [3.63, 3.8) is 0 Å². The summed E-state index contributed by atoms with van der Waals surface area (Å²) < 4.78 is 33.0. The Balaban J connectivity index is 1.71. The van der Waals surface area contributed by atoms with E-state index in [0.29, 0.717) is 10.8 Å². The van der Waals surface area contributed by atoms with Crippen LogP contribution in [0.25, 0.3) is 0 Å². The van der Waals surface area contributed by atoms with E-state index < -0.39 is 10.0 Å². The molecule has 0 atom stereocenters. The second-order valence-corrected chi connectivity index (χ2v) is 9.53. The van der Waals surface area contributed by atoms with Crippen LogP contribution in [0.15, 0.2) is 52.3 Å². The summed E-state index contributed by atoms with van der Waals surface area (Å²) in [5.41, 5.74) is 0.137. The number of hydrogen-bond donors (Lipinski definition) is 1. The summed E-state index contributed by atoms with van der Waals surface area (Å²) in [5.74, 6) is 0.0173. The summed E-state index contributed by atoms with van der Waals surface area (Å²) in [5, 5.41) is 0.639. The largest absolute Gasteiger partial charge is 0.495 e. The van der Waals surface area contributed by atoms with Gasteiger partial charge in [0.1, 0.15) is 5.75 Å². The fraction of sp³-hybridized carbons (Fsp3) is 0.263. The van der Waals surface area contributed by atoms with Crippen molar-refractivity contribution < 1.29 is 22.7 Å². The minimum absolute atomic E-state index is 0.0442. The van der Waals surface area contributed by atoms with Gasteiger partial charge in [-0.15, -0.1) is 11.8 Å². The quantitative estimate of drug-likeness (QED) is 0.374. The number of hydrogen-bond acceptors (Lipinski definition) is 6. The lowest BCUT2D eigenvalue weighted by Gasteiger charge is -2.18. The van der Waals surface area contributed by atoms with Crippen LogP contribution in [0, 0.1) is 0 Å². The van der Waals surface area contributed by atoms with Gasteiger partial charge in [-0.1, -0.05) is 11.6 Å². The van der Waals surface area contributed by atoms with Gasteiger partial charge in [-0.2, -0.15) is 0 Å². The van der Waals surface area contributed by atoms with Crippen molar-refractivity contribution in [1.29, 1.82) is 0 Å². The third-order valence-electron chi connectivity index (χ3n) is 4.23. The number of carbonyl (C=O) groups excluding carboxylic acids is 2. The van der Waals surface area contributed by atoms with E-state index in [-0.39, 0.29) is 47.5 Å². The zero-order chi connectivity index (χ0) is 21.0. The van der Waals surface area contributed by atoms with Crippen molar-refractivity contribution in [2.24, 2.45) is 0 Å². The van der Waals surface area contributed by atoms with Gasteiger partial charge in [0.15, 0.2) is 0 Å². The molecule has 3 rings (SSSR count). The molecule has 0 aliphatic carbocycles. The van der Waals surface area contributed by atoms with Gasteiger partial charge in [0.2, 0.25) is 21.8 Å². The molecular weight excluding hydrogens is 436 g/mol. The van der Waals surface area contributed by atoms with Crippen molar-refractivity contribution >= 4 is 50.9 Å². The number of methoxy groups -OCH3 is 1. The molecule has 1 aliphatic rings. The molecule has 0 spiro atoms. The van der Waals surface area contributed by atoms with Gasteiger partial charge in [0.05, 0.1) is 17.7 Å². The Labute approximate surface area is 178 Å². The summed E-state index contributed by atoms with van der Waals surface area (Å²) >= 11 is 7.34. The summed E-state index contributed by atoms with van der Waals surface area (Å²) in [6.07, 6.45) is 0.193. The number of nitrogens with one attached hydrogen (secondary N) is 1. The lowest BCUT2D eigenvalue weighted by atomic mass is 10.2. The lowest BCUT2D eigenvalue weighted by Crippen LogP contribution is -2.30. The number of carbonyl (C=O) groups is 2. The van der Waals surface area contributed by atoms with Crippen LogP contribution in [0.1, 0.15) is 12.8 Å². The van der Waals surface area contributed by atoms with Crippen molar-refractivity contribution in [3.8, 4) is 5.75 Å². The van der Waals surface area contributed by atoms with Crippen LogP contribution in [0.5, 0.6) is 5.75 Å². The fourth-order valence-electron chi connectivity index (χ4n) is 2.82. The molecule has 1 heterocycles. The SMILES string of the molecule is COc1ccc(S(=O)(=O)NCCSc2ccc(Cl)cc2)cc1N1C(=O)CCC1=O. The molecule has 1 N–H and O–H groups in total. The number of sulfonamides is 1. The van der Waals surface area contributed by atoms with Crippen LogP contribution >= 0.6 is 23.4 Å². The van der Waals surface area contributed by atoms with Crippen LogP contribution < -0.4 is 14.4 Å². The lowest BCUT2D eigenvalue weighted by molar-refractivity contribution is -0.121. The Bertz CT molecular complexity index is 1010. The van der Waals surface area contributed by atoms with Gasteiger partial charge >= 0.3 is 0 Å². The van der Waals surface area contributed by atoms with E-state index in [4.69, 9.17) is 16.3 Å². The minimum Gasteiger partial charge on any atom is -0.495 e. The molecule has 29 heavy (non-hydrogen) atoms. The van der Waals surface area contributed by atoms with Crippen molar-refractivity contribution in [2.45, 2.75) is 22.6 Å². The molecule has 2 aromatic carbocycles. The molecule has 7 nitrogen and oxygen atoms in total. The number of amides is 2. The van der Waals surface area contributed by atoms with Gasteiger partial charge in [-0.25, -0.2) is 18.0 Å². The molecule has 0 saturated carbocycles. The van der Waals surface area contributed by atoms with Gasteiger partial charge in [-0.05, 0) is 42.5 Å². The number of benzene rings is 2. The first-order valence-corrected chi connectivity index (χ1v) is 11.6. The smallest absolute Gasteiger partial charge is 0.240 e. The molecule has 2 aromatic rings. The fourth-order valence-corrected chi connectivity index (χ4v) is 4.89. The number of thioether (sulfide) groups is 1. The predicted octanol–water partition coefficient (Wildman–Crippen LogP) is 3.07. The summed E-state index contributed by atoms with van der Waals surface area (Å²) in [6, 6.07) is 11.4. The second-order valence-electron chi connectivity index (χ2n) is 6.16. The molecule has 0 bridgehead atoms. The first-order valence-electron chi connectivity index (χ1n) is 8.73. The highest BCUT2D eigenvalue weighted by molar-refractivity contribution is 7.99. The Morgan fingerprint density at radius 2 is 1.76 bits per heavy atom. The zero-order valence-corrected chi connectivity index (χ0v) is 17.9. The van der Waals surface area contributed by atoms with E-state index >= 15 is 0 Å². The highest BCUT2D eigenvalue weighted by Crippen LogP contribution is 2.34. The van der Waals surface area contributed by atoms with E-state index in [9.17, 15) is 18.0 Å². The third-order valence-corrected chi connectivity index (χ3v) is 6.95. The number of rotatable bonds is 8. The Morgan fingerprint density at radius 3 is 2.38 bits per heavy atom. The van der Waals surface area contributed by atoms with Gasteiger partial charge in [0, 0.05) is 35.1 Å². The number of nitrogens with zero attached hydrogens (tertiary/aromatic N) is 1. The standard InChI is InChI=1S/C19H19ClN2O5S2/c1-27-17-7-6-15(12-16(17)22-18(23)8-9-19(22)24)29(25,26)21-10-11-28-14-4-2-13(20)3-5-14/h2-7,12,21H,8-11H2,1H3. The Hall–Kier alpha value is -2.07. The van der Waals surface area contributed by atoms with E-state index in [0.717, 1.165) is 9.80 Å². The normalized spacial score (nSPS) is 14.5. The van der Waals surface area contributed by atoms with Crippen LogP contribution in [-0.2, 0) is 19.6 Å². The molecule has 10 heteroatoms. The molecule has 1 aliphatic heterocycles. The maximum Gasteiger partial charge on any atom is 0.240 e. The van der Waals surface area contributed by atoms with Crippen LogP contribution in [0.4, 0.5) is 5.69 Å². The number of ether oxygens (including phenoxy) is 1. The molecule has 0 unspecified atom stereocenters. The van der Waals surface area contributed by atoms with E-state index in [1.54, 1.807) is 12.1 Å². The number of imide groups is 1. The molecule has 154 valence electrons. The van der Waals surface area contributed by atoms with E-state index in [1.807, 2.05) is 12.1 Å². The van der Waals surface area contributed by atoms with Gasteiger partial charge in [-0.3, -0.25) is 9.59 Å². The molecule has 1 fully saturated rings. The third kappa shape index (κ3) is 5.11. The molecule has 1 saturated heterocycles. The van der Waals surface area contributed by atoms with Crippen molar-refractivity contribution in [3.05, 3.63) is 47.5 Å². The Kier molecular flexibility index (Phi) is 6.84. The summed E-state index contributed by atoms with van der Waals surface area (Å²) in [4.78, 5) is 26.0. The first-order chi connectivity index (χ1) is 13.8. The summed E-state index contributed by atoms with van der Waals surface area (Å²) in [7, 11) is -2.43. The second kappa shape index (κ2) is 9.17. The average Bonchev–Trinajstić information content (AvgIpc) is 3.04. The highest BCUT2D eigenvalue weighted by Gasteiger charge is 2.33. The molecular formula is C19H19ClN2O5S2. The maximum atomic E-state index is 12.7. The monoisotopic (exact) mass is 454 g/mol. The molecule has 0 radical (unpaired) electrons.